The van der Waals surface area contributed by atoms with Crippen molar-refractivity contribution >= 4 is 28.3 Å². The first-order valence-corrected chi connectivity index (χ1v) is 6.18. The van der Waals surface area contributed by atoms with Gasteiger partial charge in [-0.15, -0.1) is 0 Å². The van der Waals surface area contributed by atoms with Gasteiger partial charge in [0, 0.05) is 21.4 Å². The molecular weight excluding hydrogens is 268 g/mol. The molecule has 1 unspecified atom stereocenters. The number of hydrogen-bond donors (Lipinski definition) is 2. The molecule has 19 heavy (non-hydrogen) atoms. The van der Waals surface area contributed by atoms with Crippen LogP contribution < -0.4 is 0 Å². The van der Waals surface area contributed by atoms with Gasteiger partial charge in [-0.25, -0.2) is 4.79 Å². The highest BCUT2D eigenvalue weighted by atomic mass is 35.5. The quantitative estimate of drug-likeness (QED) is 0.849. The second kappa shape index (κ2) is 5.47. The first-order chi connectivity index (χ1) is 9.06. The summed E-state index contributed by atoms with van der Waals surface area (Å²) in [4.78, 5) is 11.5. The molecule has 0 saturated carbocycles. The maximum Gasteiger partial charge on any atom is 0.339 e. The molecule has 1 atom stereocenters. The van der Waals surface area contributed by atoms with Crippen LogP contribution in [0.25, 0.3) is 10.8 Å². The molecule has 4 nitrogen and oxygen atoms in total. The fraction of sp³-hybridized carbons (Fsp3) is 0.214. The van der Waals surface area contributed by atoms with Gasteiger partial charge in [-0.1, -0.05) is 35.9 Å². The normalized spacial score (nSPS) is 12.4. The number of phenols is 1. The number of hydrogen-bond acceptors (Lipinski definition) is 4. The van der Waals surface area contributed by atoms with Crippen molar-refractivity contribution in [2.75, 3.05) is 6.61 Å². The van der Waals surface area contributed by atoms with Gasteiger partial charge in [-0.3, -0.25) is 0 Å². The molecule has 2 rings (SSSR count). The molecule has 2 aromatic carbocycles. The number of rotatable bonds is 3. The molecule has 0 aliphatic heterocycles. The number of fused-ring (bicyclic) bond motifs is 1. The summed E-state index contributed by atoms with van der Waals surface area (Å²) in [5.74, 6) is -0.982. The van der Waals surface area contributed by atoms with Crippen LogP contribution in [-0.2, 0) is 9.53 Å². The molecule has 100 valence electrons. The van der Waals surface area contributed by atoms with E-state index in [1.807, 2.05) is 0 Å². The maximum atomic E-state index is 11.5. The van der Waals surface area contributed by atoms with E-state index in [1.165, 1.54) is 6.07 Å². The Labute approximate surface area is 115 Å². The summed E-state index contributed by atoms with van der Waals surface area (Å²) in [6.45, 7) is 1.79. The third-order valence-corrected chi connectivity index (χ3v) is 3.11. The average molecular weight is 281 g/mol. The Bertz CT molecular complexity index is 624. The second-order valence-electron chi connectivity index (χ2n) is 4.00. The van der Waals surface area contributed by atoms with Crippen molar-refractivity contribution in [2.45, 2.75) is 13.0 Å². The minimum absolute atomic E-state index is 0.0437. The van der Waals surface area contributed by atoms with Gasteiger partial charge in [0.2, 0.25) is 0 Å². The number of halogens is 1. The van der Waals surface area contributed by atoms with Gasteiger partial charge in [0.25, 0.3) is 0 Å². The molecule has 0 bridgehead atoms. The molecule has 0 aromatic heterocycles. The largest absolute Gasteiger partial charge is 0.507 e. The zero-order valence-corrected chi connectivity index (χ0v) is 11.0. The first kappa shape index (κ1) is 13.6. The van der Waals surface area contributed by atoms with Crippen molar-refractivity contribution in [3.63, 3.8) is 0 Å². The Morgan fingerprint density at radius 3 is 2.63 bits per heavy atom. The van der Waals surface area contributed by atoms with E-state index in [-0.39, 0.29) is 17.9 Å². The lowest BCUT2D eigenvalue weighted by Gasteiger charge is -2.14. The Hall–Kier alpha value is -1.78. The Balaban J connectivity index is 2.56. The molecular formula is C14H13ClO4. The highest BCUT2D eigenvalue weighted by Crippen LogP contribution is 2.37. The van der Waals surface area contributed by atoms with E-state index >= 15 is 0 Å². The van der Waals surface area contributed by atoms with Crippen molar-refractivity contribution in [1.82, 2.24) is 0 Å². The lowest BCUT2D eigenvalue weighted by molar-refractivity contribution is -0.153. The van der Waals surface area contributed by atoms with Crippen molar-refractivity contribution < 1.29 is 19.7 Å². The minimum atomic E-state index is -1.55. The number of aliphatic hydroxyl groups is 1. The van der Waals surface area contributed by atoms with E-state index in [0.717, 1.165) is 0 Å². The molecule has 0 aliphatic carbocycles. The van der Waals surface area contributed by atoms with Crippen molar-refractivity contribution in [1.29, 1.82) is 0 Å². The summed E-state index contributed by atoms with van der Waals surface area (Å²) >= 11 is 6.09. The van der Waals surface area contributed by atoms with Crippen molar-refractivity contribution in [3.8, 4) is 5.75 Å². The minimum Gasteiger partial charge on any atom is -0.507 e. The summed E-state index contributed by atoms with van der Waals surface area (Å²) in [6.07, 6.45) is -1.55. The Kier molecular flexibility index (Phi) is 3.93. The molecule has 5 heteroatoms. The zero-order chi connectivity index (χ0) is 14.0. The molecule has 0 radical (unpaired) electrons. The van der Waals surface area contributed by atoms with Crippen LogP contribution in [0.3, 0.4) is 0 Å². The highest BCUT2D eigenvalue weighted by molar-refractivity contribution is 6.36. The number of esters is 1. The van der Waals surface area contributed by atoms with E-state index in [1.54, 1.807) is 31.2 Å². The highest BCUT2D eigenvalue weighted by Gasteiger charge is 2.24. The fourth-order valence-corrected chi connectivity index (χ4v) is 2.17. The van der Waals surface area contributed by atoms with Crippen LogP contribution >= 0.6 is 11.6 Å². The van der Waals surface area contributed by atoms with Gasteiger partial charge in [-0.05, 0) is 13.0 Å². The van der Waals surface area contributed by atoms with Crippen LogP contribution in [-0.4, -0.2) is 22.8 Å². The van der Waals surface area contributed by atoms with Crippen LogP contribution in [0, 0.1) is 0 Å². The third kappa shape index (κ3) is 2.50. The predicted molar refractivity (Wildman–Crippen MR) is 72.2 cm³/mol. The van der Waals surface area contributed by atoms with Crippen molar-refractivity contribution in [2.24, 2.45) is 0 Å². The number of ether oxygens (including phenoxy) is 1. The van der Waals surface area contributed by atoms with E-state index in [0.29, 0.717) is 15.8 Å². The van der Waals surface area contributed by atoms with Crippen LogP contribution in [0.5, 0.6) is 5.75 Å². The van der Waals surface area contributed by atoms with Gasteiger partial charge >= 0.3 is 5.97 Å². The maximum absolute atomic E-state index is 11.5. The summed E-state index contributed by atoms with van der Waals surface area (Å²) in [6, 6.07) is 8.31. The van der Waals surface area contributed by atoms with Crippen molar-refractivity contribution in [3.05, 3.63) is 40.9 Å². The van der Waals surface area contributed by atoms with E-state index in [4.69, 9.17) is 16.3 Å². The number of benzene rings is 2. The molecule has 0 heterocycles. The summed E-state index contributed by atoms with van der Waals surface area (Å²) in [7, 11) is 0. The molecule has 0 aliphatic rings. The number of phenolic OH excluding ortho intramolecular Hbond substituents is 1. The van der Waals surface area contributed by atoms with Crippen LogP contribution in [0.2, 0.25) is 5.02 Å². The summed E-state index contributed by atoms with van der Waals surface area (Å²) in [5.41, 5.74) is 0.0437. The molecule has 0 saturated heterocycles. The smallest absolute Gasteiger partial charge is 0.339 e. The van der Waals surface area contributed by atoms with Crippen LogP contribution in [0.15, 0.2) is 30.3 Å². The number of carbonyl (C=O) groups excluding carboxylic acids is 1. The van der Waals surface area contributed by atoms with E-state index < -0.39 is 12.1 Å². The van der Waals surface area contributed by atoms with E-state index in [2.05, 4.69) is 0 Å². The van der Waals surface area contributed by atoms with Gasteiger partial charge in [0.15, 0.2) is 6.10 Å². The molecule has 0 amide bonds. The average Bonchev–Trinajstić information content (AvgIpc) is 2.42. The monoisotopic (exact) mass is 280 g/mol. The van der Waals surface area contributed by atoms with Gasteiger partial charge < -0.3 is 14.9 Å². The van der Waals surface area contributed by atoms with Crippen LogP contribution in [0.4, 0.5) is 0 Å². The lowest BCUT2D eigenvalue weighted by atomic mass is 10.0. The number of aromatic hydroxyl groups is 1. The molecule has 0 fully saturated rings. The third-order valence-electron chi connectivity index (χ3n) is 2.80. The second-order valence-corrected chi connectivity index (χ2v) is 4.40. The first-order valence-electron chi connectivity index (χ1n) is 5.81. The SMILES string of the molecule is CCOC(=O)C(O)c1cc(Cl)c2ccccc2c1O. The standard InChI is InChI=1S/C14H13ClO4/c1-2-19-14(18)13(17)10-7-11(15)8-5-3-4-6-9(8)12(10)16/h3-7,13,16-17H,2H2,1H3. The molecule has 2 aromatic rings. The fourth-order valence-electron chi connectivity index (χ4n) is 1.89. The topological polar surface area (TPSA) is 66.8 Å². The summed E-state index contributed by atoms with van der Waals surface area (Å²) in [5, 5.41) is 21.5. The Morgan fingerprint density at radius 2 is 2.00 bits per heavy atom. The van der Waals surface area contributed by atoms with Gasteiger partial charge in [0.05, 0.1) is 6.61 Å². The number of aliphatic hydroxyl groups excluding tert-OH is 1. The Morgan fingerprint density at radius 1 is 1.37 bits per heavy atom. The van der Waals surface area contributed by atoms with E-state index in [9.17, 15) is 15.0 Å². The van der Waals surface area contributed by atoms with Crippen LogP contribution in [0.1, 0.15) is 18.6 Å². The summed E-state index contributed by atoms with van der Waals surface area (Å²) < 4.78 is 4.72. The predicted octanol–water partition coefficient (Wildman–Crippen LogP) is 2.80. The zero-order valence-electron chi connectivity index (χ0n) is 10.3. The van der Waals surface area contributed by atoms with Gasteiger partial charge in [-0.2, -0.15) is 0 Å². The molecule has 2 N–H and O–H groups in total. The number of carbonyl (C=O) groups is 1. The van der Waals surface area contributed by atoms with Gasteiger partial charge in [0.1, 0.15) is 5.75 Å². The lowest BCUT2D eigenvalue weighted by Crippen LogP contribution is -2.15. The molecule has 0 spiro atoms.